The Labute approximate surface area is 116 Å². The van der Waals surface area contributed by atoms with Crippen LogP contribution in [0.25, 0.3) is 0 Å². The summed E-state index contributed by atoms with van der Waals surface area (Å²) in [5.74, 6) is 6.56. The Hall–Kier alpha value is -1.10. The Balaban J connectivity index is 2.75. The van der Waals surface area contributed by atoms with Gasteiger partial charge in [-0.2, -0.15) is 0 Å². The van der Waals surface area contributed by atoms with E-state index in [-0.39, 0.29) is 12.1 Å². The van der Waals surface area contributed by atoms with Gasteiger partial charge >= 0.3 is 0 Å². The van der Waals surface area contributed by atoms with Gasteiger partial charge < -0.3 is 9.47 Å². The van der Waals surface area contributed by atoms with Gasteiger partial charge in [-0.1, -0.05) is 26.0 Å². The van der Waals surface area contributed by atoms with Crippen LogP contribution < -0.4 is 16.0 Å². The van der Waals surface area contributed by atoms with Crippen molar-refractivity contribution in [3.05, 3.63) is 29.8 Å². The second-order valence-electron chi connectivity index (χ2n) is 4.46. The number of hydrazine groups is 1. The van der Waals surface area contributed by atoms with Gasteiger partial charge in [-0.3, -0.25) is 11.3 Å². The van der Waals surface area contributed by atoms with Crippen molar-refractivity contribution in [1.29, 1.82) is 0 Å². The molecule has 0 radical (unpaired) electrons. The zero-order valence-corrected chi connectivity index (χ0v) is 12.2. The summed E-state index contributed by atoms with van der Waals surface area (Å²) >= 11 is 0. The van der Waals surface area contributed by atoms with Gasteiger partial charge in [0.2, 0.25) is 0 Å². The minimum atomic E-state index is 0.00479. The Morgan fingerprint density at radius 2 is 1.84 bits per heavy atom. The van der Waals surface area contributed by atoms with Gasteiger partial charge in [0.05, 0.1) is 18.8 Å². The number of rotatable bonds is 9. The van der Waals surface area contributed by atoms with E-state index in [1.807, 2.05) is 31.2 Å². The van der Waals surface area contributed by atoms with Gasteiger partial charge in [0, 0.05) is 6.61 Å². The number of hydrogen-bond acceptors (Lipinski definition) is 4. The molecule has 4 nitrogen and oxygen atoms in total. The third-order valence-electron chi connectivity index (χ3n) is 3.05. The molecule has 3 N–H and O–H groups in total. The predicted molar refractivity (Wildman–Crippen MR) is 78.0 cm³/mol. The average Bonchev–Trinajstić information content (AvgIpc) is 2.46. The molecule has 0 aliphatic carbocycles. The Morgan fingerprint density at radius 3 is 2.32 bits per heavy atom. The minimum absolute atomic E-state index is 0.00479. The van der Waals surface area contributed by atoms with Crippen molar-refractivity contribution < 1.29 is 9.47 Å². The SMILES string of the molecule is CCCOc1ccc(C(NN)C(CC)OCC)cc1. The number of nitrogens with one attached hydrogen (secondary N) is 1. The van der Waals surface area contributed by atoms with Crippen LogP contribution in [-0.4, -0.2) is 19.3 Å². The number of hydrogen-bond donors (Lipinski definition) is 2. The lowest BCUT2D eigenvalue weighted by Crippen LogP contribution is -2.37. The van der Waals surface area contributed by atoms with Crippen molar-refractivity contribution in [2.75, 3.05) is 13.2 Å². The van der Waals surface area contributed by atoms with Crippen LogP contribution >= 0.6 is 0 Å². The maximum atomic E-state index is 5.72. The van der Waals surface area contributed by atoms with Crippen LogP contribution in [0.3, 0.4) is 0 Å². The maximum Gasteiger partial charge on any atom is 0.119 e. The molecule has 1 rings (SSSR count). The number of ether oxygens (including phenoxy) is 2. The first-order valence-corrected chi connectivity index (χ1v) is 7.07. The van der Waals surface area contributed by atoms with E-state index in [9.17, 15) is 0 Å². The minimum Gasteiger partial charge on any atom is -0.494 e. The second-order valence-corrected chi connectivity index (χ2v) is 4.46. The molecule has 0 saturated carbocycles. The lowest BCUT2D eigenvalue weighted by Gasteiger charge is -2.26. The van der Waals surface area contributed by atoms with Crippen molar-refractivity contribution in [2.45, 2.75) is 45.8 Å². The monoisotopic (exact) mass is 266 g/mol. The molecular weight excluding hydrogens is 240 g/mol. The van der Waals surface area contributed by atoms with Crippen molar-refractivity contribution >= 4 is 0 Å². The molecule has 2 atom stereocenters. The van der Waals surface area contributed by atoms with Crippen LogP contribution in [0.4, 0.5) is 0 Å². The molecule has 0 spiro atoms. The summed E-state index contributed by atoms with van der Waals surface area (Å²) in [6, 6.07) is 8.04. The molecule has 2 unspecified atom stereocenters. The normalized spacial score (nSPS) is 14.1. The zero-order valence-electron chi connectivity index (χ0n) is 12.2. The molecule has 1 aromatic carbocycles. The van der Waals surface area contributed by atoms with E-state index in [0.29, 0.717) is 6.61 Å². The molecule has 4 heteroatoms. The molecule has 1 aromatic rings. The molecule has 0 bridgehead atoms. The van der Waals surface area contributed by atoms with E-state index in [2.05, 4.69) is 19.3 Å². The Kier molecular flexibility index (Phi) is 7.48. The van der Waals surface area contributed by atoms with Crippen molar-refractivity contribution in [3.8, 4) is 5.75 Å². The summed E-state index contributed by atoms with van der Waals surface area (Å²) < 4.78 is 11.3. The fourth-order valence-electron chi connectivity index (χ4n) is 2.07. The van der Waals surface area contributed by atoms with Crippen LogP contribution in [0, 0.1) is 0 Å². The smallest absolute Gasteiger partial charge is 0.119 e. The van der Waals surface area contributed by atoms with E-state index in [0.717, 1.165) is 30.8 Å². The van der Waals surface area contributed by atoms with Gasteiger partial charge in [-0.05, 0) is 37.5 Å². The first-order valence-electron chi connectivity index (χ1n) is 7.07. The number of benzene rings is 1. The third kappa shape index (κ3) is 4.82. The summed E-state index contributed by atoms with van der Waals surface area (Å²) in [5.41, 5.74) is 3.97. The van der Waals surface area contributed by atoms with Crippen molar-refractivity contribution in [3.63, 3.8) is 0 Å². The van der Waals surface area contributed by atoms with E-state index >= 15 is 0 Å². The van der Waals surface area contributed by atoms with Crippen LogP contribution in [0.1, 0.15) is 45.2 Å². The summed E-state index contributed by atoms with van der Waals surface area (Å²) in [6.45, 7) is 7.63. The van der Waals surface area contributed by atoms with Gasteiger partial charge in [-0.25, -0.2) is 0 Å². The lowest BCUT2D eigenvalue weighted by atomic mass is 10.00. The van der Waals surface area contributed by atoms with Gasteiger partial charge in [-0.15, -0.1) is 0 Å². The van der Waals surface area contributed by atoms with E-state index < -0.39 is 0 Å². The van der Waals surface area contributed by atoms with Crippen molar-refractivity contribution in [2.24, 2.45) is 5.84 Å². The first-order chi connectivity index (χ1) is 9.26. The molecule has 0 heterocycles. The zero-order chi connectivity index (χ0) is 14.1. The maximum absolute atomic E-state index is 5.72. The topological polar surface area (TPSA) is 56.5 Å². The van der Waals surface area contributed by atoms with Gasteiger partial charge in [0.1, 0.15) is 5.75 Å². The summed E-state index contributed by atoms with van der Waals surface area (Å²) in [4.78, 5) is 0. The highest BCUT2D eigenvalue weighted by Crippen LogP contribution is 2.23. The second kappa shape index (κ2) is 8.91. The molecule has 19 heavy (non-hydrogen) atoms. The molecule has 0 saturated heterocycles. The van der Waals surface area contributed by atoms with Crippen LogP contribution in [0.2, 0.25) is 0 Å². The van der Waals surface area contributed by atoms with E-state index in [4.69, 9.17) is 15.3 Å². The average molecular weight is 266 g/mol. The van der Waals surface area contributed by atoms with Crippen LogP contribution in [0.15, 0.2) is 24.3 Å². The summed E-state index contributed by atoms with van der Waals surface area (Å²) in [5, 5.41) is 0. The molecule has 0 fully saturated rings. The molecule has 0 aliphatic rings. The fourth-order valence-corrected chi connectivity index (χ4v) is 2.07. The van der Waals surface area contributed by atoms with E-state index in [1.54, 1.807) is 0 Å². The Bertz CT molecular complexity index is 341. The molecular formula is C15H26N2O2. The molecule has 0 amide bonds. The van der Waals surface area contributed by atoms with E-state index in [1.165, 1.54) is 0 Å². The predicted octanol–water partition coefficient (Wildman–Crippen LogP) is 2.79. The molecule has 0 aliphatic heterocycles. The largest absolute Gasteiger partial charge is 0.494 e. The molecule has 108 valence electrons. The summed E-state index contributed by atoms with van der Waals surface area (Å²) in [7, 11) is 0. The van der Waals surface area contributed by atoms with Gasteiger partial charge in [0.15, 0.2) is 0 Å². The highest BCUT2D eigenvalue weighted by Gasteiger charge is 2.20. The highest BCUT2D eigenvalue weighted by atomic mass is 16.5. The lowest BCUT2D eigenvalue weighted by molar-refractivity contribution is 0.0314. The standard InChI is InChI=1S/C15H26N2O2/c1-4-11-19-13-9-7-12(8-10-13)15(17-16)14(5-2)18-6-3/h7-10,14-15,17H,4-6,11,16H2,1-3H3. The quantitative estimate of drug-likeness (QED) is 0.533. The highest BCUT2D eigenvalue weighted by molar-refractivity contribution is 5.29. The fraction of sp³-hybridized carbons (Fsp3) is 0.600. The number of nitrogens with two attached hydrogens (primary N) is 1. The van der Waals surface area contributed by atoms with Gasteiger partial charge in [0.25, 0.3) is 0 Å². The summed E-state index contributed by atoms with van der Waals surface area (Å²) in [6.07, 6.45) is 2.01. The van der Waals surface area contributed by atoms with Crippen LogP contribution in [0.5, 0.6) is 5.75 Å². The molecule has 0 aromatic heterocycles. The third-order valence-corrected chi connectivity index (χ3v) is 3.05. The van der Waals surface area contributed by atoms with Crippen molar-refractivity contribution in [1.82, 2.24) is 5.43 Å². The first kappa shape index (κ1) is 16.0. The van der Waals surface area contributed by atoms with Crippen LogP contribution in [-0.2, 0) is 4.74 Å². The Morgan fingerprint density at radius 1 is 1.16 bits per heavy atom.